The molecular formula is C26H21N3O4S2. The summed E-state index contributed by atoms with van der Waals surface area (Å²) in [7, 11) is 0. The van der Waals surface area contributed by atoms with E-state index in [-0.39, 0.29) is 23.9 Å². The van der Waals surface area contributed by atoms with Gasteiger partial charge >= 0.3 is 0 Å². The summed E-state index contributed by atoms with van der Waals surface area (Å²) in [4.78, 5) is 48.0. The van der Waals surface area contributed by atoms with Crippen LogP contribution in [0.2, 0.25) is 0 Å². The minimum Gasteiger partial charge on any atom is -0.482 e. The Morgan fingerprint density at radius 3 is 2.86 bits per heavy atom. The van der Waals surface area contributed by atoms with E-state index in [4.69, 9.17) is 4.74 Å². The summed E-state index contributed by atoms with van der Waals surface area (Å²) in [6, 6.07) is 14.7. The number of benzene rings is 2. The summed E-state index contributed by atoms with van der Waals surface area (Å²) >= 11 is 2.59. The number of hydrogen-bond donors (Lipinski definition) is 1. The van der Waals surface area contributed by atoms with E-state index in [0.717, 1.165) is 11.1 Å². The average Bonchev–Trinajstić information content (AvgIpc) is 3.30. The van der Waals surface area contributed by atoms with Gasteiger partial charge in [0.05, 0.1) is 16.3 Å². The molecule has 7 nitrogen and oxygen atoms in total. The number of ether oxygens (including phenoxy) is 1. The number of hydrogen-bond acceptors (Lipinski definition) is 7. The van der Waals surface area contributed by atoms with E-state index in [0.29, 0.717) is 38.9 Å². The Kier molecular flexibility index (Phi) is 6.27. The Bertz CT molecular complexity index is 1510. The van der Waals surface area contributed by atoms with Crippen LogP contribution in [0, 0.1) is 0 Å². The smallest absolute Gasteiger partial charge is 0.265 e. The van der Waals surface area contributed by atoms with Gasteiger partial charge in [-0.15, -0.1) is 17.9 Å². The van der Waals surface area contributed by atoms with E-state index in [1.807, 2.05) is 35.7 Å². The molecule has 2 aromatic carbocycles. The molecule has 0 saturated carbocycles. The van der Waals surface area contributed by atoms with E-state index < -0.39 is 5.25 Å². The Morgan fingerprint density at radius 1 is 1.29 bits per heavy atom. The monoisotopic (exact) mass is 503 g/mol. The summed E-state index contributed by atoms with van der Waals surface area (Å²) < 4.78 is 5.50. The maximum absolute atomic E-state index is 13.2. The van der Waals surface area contributed by atoms with E-state index in [1.54, 1.807) is 36.1 Å². The van der Waals surface area contributed by atoms with Crippen molar-refractivity contribution in [3.8, 4) is 16.9 Å². The van der Waals surface area contributed by atoms with Crippen LogP contribution in [0.1, 0.15) is 17.3 Å². The van der Waals surface area contributed by atoms with Crippen molar-refractivity contribution in [1.82, 2.24) is 9.97 Å². The van der Waals surface area contributed by atoms with Crippen LogP contribution in [0.15, 0.2) is 76.5 Å². The van der Waals surface area contributed by atoms with Gasteiger partial charge in [-0.05, 0) is 30.7 Å². The van der Waals surface area contributed by atoms with E-state index >= 15 is 0 Å². The SMILES string of the molecule is C=CCN1C(=O)COc2ccc(C(=O)C(C)Sc3nc4scc(-c5ccccc5)c4c(=O)[nH]3)cc21. The van der Waals surface area contributed by atoms with Crippen LogP contribution in [0.4, 0.5) is 5.69 Å². The number of aromatic amines is 1. The van der Waals surface area contributed by atoms with Crippen molar-refractivity contribution in [2.75, 3.05) is 18.1 Å². The van der Waals surface area contributed by atoms with Gasteiger partial charge in [0.1, 0.15) is 10.6 Å². The van der Waals surface area contributed by atoms with Gasteiger partial charge in [-0.2, -0.15) is 0 Å². The number of aromatic nitrogens is 2. The van der Waals surface area contributed by atoms with Crippen LogP contribution in [0.3, 0.4) is 0 Å². The van der Waals surface area contributed by atoms with Gasteiger partial charge in [-0.1, -0.05) is 48.2 Å². The quantitative estimate of drug-likeness (QED) is 0.166. The van der Waals surface area contributed by atoms with Crippen molar-refractivity contribution in [2.45, 2.75) is 17.3 Å². The van der Waals surface area contributed by atoms with Crippen molar-refractivity contribution in [3.63, 3.8) is 0 Å². The molecule has 0 bridgehead atoms. The van der Waals surface area contributed by atoms with E-state index in [2.05, 4.69) is 16.5 Å². The highest BCUT2D eigenvalue weighted by atomic mass is 32.2. The maximum Gasteiger partial charge on any atom is 0.265 e. The van der Waals surface area contributed by atoms with Crippen LogP contribution < -0.4 is 15.2 Å². The number of anilines is 1. The molecule has 1 N–H and O–H groups in total. The molecule has 0 fully saturated rings. The molecule has 1 unspecified atom stereocenters. The van der Waals surface area contributed by atoms with Crippen molar-refractivity contribution in [1.29, 1.82) is 0 Å². The van der Waals surface area contributed by atoms with Gasteiger partial charge in [-0.25, -0.2) is 4.98 Å². The zero-order valence-corrected chi connectivity index (χ0v) is 20.4. The number of H-pyrrole nitrogens is 1. The number of fused-ring (bicyclic) bond motifs is 2. The number of thioether (sulfide) groups is 1. The van der Waals surface area contributed by atoms with Crippen LogP contribution >= 0.6 is 23.1 Å². The Balaban J connectivity index is 1.40. The topological polar surface area (TPSA) is 92.4 Å². The van der Waals surface area contributed by atoms with Crippen molar-refractivity contribution < 1.29 is 14.3 Å². The lowest BCUT2D eigenvalue weighted by Crippen LogP contribution is -2.39. The zero-order chi connectivity index (χ0) is 24.5. The summed E-state index contributed by atoms with van der Waals surface area (Å²) in [5.74, 6) is 0.213. The number of ketones is 1. The fourth-order valence-corrected chi connectivity index (χ4v) is 5.83. The third-order valence-corrected chi connectivity index (χ3v) is 7.52. The van der Waals surface area contributed by atoms with Crippen LogP contribution in [-0.4, -0.2) is 40.1 Å². The van der Waals surface area contributed by atoms with Gasteiger partial charge in [0, 0.05) is 23.1 Å². The molecule has 3 heterocycles. The molecule has 1 amide bonds. The summed E-state index contributed by atoms with van der Waals surface area (Å²) in [5.41, 5.74) is 2.55. The highest BCUT2D eigenvalue weighted by Crippen LogP contribution is 2.35. The Hall–Kier alpha value is -3.69. The molecule has 1 aliphatic heterocycles. The third-order valence-electron chi connectivity index (χ3n) is 5.66. The zero-order valence-electron chi connectivity index (χ0n) is 18.8. The number of nitrogens with one attached hydrogen (secondary N) is 1. The molecule has 176 valence electrons. The number of thiophene rings is 1. The standard InChI is InChI=1S/C26H21N3O4S2/c1-3-11-29-19-12-17(9-10-20(19)33-13-21(29)30)23(31)15(2)35-26-27-24(32)22-18(14-34-25(22)28-26)16-7-5-4-6-8-16/h3-10,12,14-15H,1,11,13H2,2H3,(H,27,28,32). The van der Waals surface area contributed by atoms with Crippen molar-refractivity contribution in [2.24, 2.45) is 0 Å². The van der Waals surface area contributed by atoms with Crippen LogP contribution in [0.5, 0.6) is 5.75 Å². The first kappa shape index (κ1) is 23.1. The molecule has 4 aromatic rings. The van der Waals surface area contributed by atoms with Gasteiger partial charge in [0.25, 0.3) is 11.5 Å². The van der Waals surface area contributed by atoms with Gasteiger partial charge < -0.3 is 14.6 Å². The molecule has 0 saturated heterocycles. The average molecular weight is 504 g/mol. The first-order valence-corrected chi connectivity index (χ1v) is 12.7. The second-order valence-electron chi connectivity index (χ2n) is 7.96. The molecule has 1 atom stereocenters. The number of carbonyl (C=O) groups is 2. The van der Waals surface area contributed by atoms with Gasteiger partial charge in [0.15, 0.2) is 17.5 Å². The molecule has 0 radical (unpaired) electrons. The van der Waals surface area contributed by atoms with E-state index in [9.17, 15) is 14.4 Å². The Labute approximate surface area is 209 Å². The number of Topliss-reactive ketones (excluding diaryl/α,β-unsaturated/α-hetero) is 1. The highest BCUT2D eigenvalue weighted by molar-refractivity contribution is 8.00. The molecular weight excluding hydrogens is 482 g/mol. The lowest BCUT2D eigenvalue weighted by molar-refractivity contribution is -0.121. The predicted molar refractivity (Wildman–Crippen MR) is 140 cm³/mol. The van der Waals surface area contributed by atoms with Gasteiger partial charge in [0.2, 0.25) is 0 Å². The minimum absolute atomic E-state index is 0.0450. The first-order chi connectivity index (χ1) is 17.0. The maximum atomic E-state index is 13.2. The van der Waals surface area contributed by atoms with Crippen LogP contribution in [0.25, 0.3) is 21.3 Å². The highest BCUT2D eigenvalue weighted by Gasteiger charge is 2.27. The summed E-state index contributed by atoms with van der Waals surface area (Å²) in [5, 5.41) is 2.34. The second-order valence-corrected chi connectivity index (χ2v) is 10.1. The minimum atomic E-state index is -0.518. The fourth-order valence-electron chi connectivity index (χ4n) is 3.96. The third kappa shape index (κ3) is 4.40. The lowest BCUT2D eigenvalue weighted by Gasteiger charge is -2.29. The number of nitrogens with zero attached hydrogens (tertiary/aromatic N) is 2. The molecule has 2 aromatic heterocycles. The predicted octanol–water partition coefficient (Wildman–Crippen LogP) is 4.93. The second kappa shape index (κ2) is 9.52. The summed E-state index contributed by atoms with van der Waals surface area (Å²) in [6.45, 7) is 5.75. The molecule has 0 aliphatic carbocycles. The lowest BCUT2D eigenvalue weighted by atomic mass is 10.1. The normalized spacial score (nSPS) is 13.9. The number of amides is 1. The summed E-state index contributed by atoms with van der Waals surface area (Å²) in [6.07, 6.45) is 1.63. The molecule has 1 aliphatic rings. The number of carbonyl (C=O) groups excluding carboxylic acids is 2. The first-order valence-electron chi connectivity index (χ1n) is 10.9. The number of rotatable bonds is 7. The Morgan fingerprint density at radius 2 is 2.09 bits per heavy atom. The van der Waals surface area contributed by atoms with E-state index in [1.165, 1.54) is 23.1 Å². The van der Waals surface area contributed by atoms with Gasteiger partial charge in [-0.3, -0.25) is 14.4 Å². The van der Waals surface area contributed by atoms with Crippen LogP contribution in [-0.2, 0) is 4.79 Å². The van der Waals surface area contributed by atoms with Crippen molar-refractivity contribution >= 4 is 50.7 Å². The largest absolute Gasteiger partial charge is 0.482 e. The molecule has 35 heavy (non-hydrogen) atoms. The molecule has 5 rings (SSSR count). The fraction of sp³-hybridized carbons (Fsp3) is 0.154. The molecule has 9 heteroatoms. The van der Waals surface area contributed by atoms with Crippen molar-refractivity contribution in [3.05, 3.63) is 82.5 Å². The molecule has 0 spiro atoms.